The number of nitrogens with two attached hydrogens (primary N) is 1. The largest absolute Gasteiger partial charge is 0.469 e. The van der Waals surface area contributed by atoms with Crippen LogP contribution in [-0.2, 0) is 11.2 Å². The van der Waals surface area contributed by atoms with Crippen molar-refractivity contribution in [1.82, 2.24) is 0 Å². The molecule has 1 unspecified atom stereocenters. The van der Waals surface area contributed by atoms with E-state index < -0.39 is 0 Å². The van der Waals surface area contributed by atoms with Crippen LogP contribution in [0.3, 0.4) is 0 Å². The summed E-state index contributed by atoms with van der Waals surface area (Å²) in [4.78, 5) is 0. The maximum Gasteiger partial charge on any atom is 0.105 e. The first kappa shape index (κ1) is 8.30. The number of hydrogen-bond acceptors (Lipinski definition) is 3. The molecular formula is C8H13NO2. The molecule has 1 rings (SSSR count). The van der Waals surface area contributed by atoms with E-state index in [0.717, 1.165) is 12.2 Å². The Morgan fingerprint density at radius 1 is 1.73 bits per heavy atom. The molecule has 0 fully saturated rings. The number of hydrogen-bond donors (Lipinski definition) is 1. The Hall–Kier alpha value is -0.800. The van der Waals surface area contributed by atoms with E-state index in [1.807, 2.05) is 12.1 Å². The molecule has 0 aliphatic carbocycles. The van der Waals surface area contributed by atoms with Gasteiger partial charge in [-0.05, 0) is 12.1 Å². The van der Waals surface area contributed by atoms with Gasteiger partial charge in [-0.3, -0.25) is 0 Å². The van der Waals surface area contributed by atoms with E-state index >= 15 is 0 Å². The summed E-state index contributed by atoms with van der Waals surface area (Å²) < 4.78 is 10.0. The summed E-state index contributed by atoms with van der Waals surface area (Å²) in [5.41, 5.74) is 5.69. The second kappa shape index (κ2) is 4.16. The Kier molecular flexibility index (Phi) is 3.14. The van der Waals surface area contributed by atoms with E-state index in [4.69, 9.17) is 14.9 Å². The Balaban J connectivity index is 2.31. The zero-order chi connectivity index (χ0) is 8.10. The Bertz CT molecular complexity index is 184. The number of furan rings is 1. The third-order valence-electron chi connectivity index (χ3n) is 1.42. The molecule has 2 N–H and O–H groups in total. The average molecular weight is 155 g/mol. The van der Waals surface area contributed by atoms with Gasteiger partial charge in [0, 0.05) is 19.6 Å². The molecule has 0 saturated heterocycles. The molecule has 1 heterocycles. The zero-order valence-electron chi connectivity index (χ0n) is 6.62. The van der Waals surface area contributed by atoms with Crippen LogP contribution in [0.15, 0.2) is 22.8 Å². The molecule has 3 heteroatoms. The minimum absolute atomic E-state index is 0.0335. The van der Waals surface area contributed by atoms with E-state index in [2.05, 4.69) is 0 Å². The van der Waals surface area contributed by atoms with Gasteiger partial charge < -0.3 is 14.9 Å². The molecule has 1 aromatic rings. The lowest BCUT2D eigenvalue weighted by atomic mass is 10.2. The van der Waals surface area contributed by atoms with Gasteiger partial charge in [0.2, 0.25) is 0 Å². The molecule has 1 atom stereocenters. The van der Waals surface area contributed by atoms with E-state index in [0.29, 0.717) is 6.61 Å². The predicted molar refractivity (Wildman–Crippen MR) is 42.3 cm³/mol. The highest BCUT2D eigenvalue weighted by atomic mass is 16.5. The summed E-state index contributed by atoms with van der Waals surface area (Å²) in [6.07, 6.45) is 2.38. The first-order chi connectivity index (χ1) is 5.33. The van der Waals surface area contributed by atoms with Crippen molar-refractivity contribution < 1.29 is 9.15 Å². The lowest BCUT2D eigenvalue weighted by Crippen LogP contribution is -2.27. The van der Waals surface area contributed by atoms with Gasteiger partial charge >= 0.3 is 0 Å². The topological polar surface area (TPSA) is 48.4 Å². The van der Waals surface area contributed by atoms with Gasteiger partial charge in [0.25, 0.3) is 0 Å². The van der Waals surface area contributed by atoms with Gasteiger partial charge in [-0.25, -0.2) is 0 Å². The minimum Gasteiger partial charge on any atom is -0.469 e. The van der Waals surface area contributed by atoms with Crippen LogP contribution < -0.4 is 5.73 Å². The lowest BCUT2D eigenvalue weighted by Gasteiger charge is -2.06. The number of ether oxygens (including phenoxy) is 1. The van der Waals surface area contributed by atoms with Crippen molar-refractivity contribution >= 4 is 0 Å². The predicted octanol–water partition coefficient (Wildman–Crippen LogP) is 0.796. The summed E-state index contributed by atoms with van der Waals surface area (Å²) in [6, 6.07) is 3.80. The molecule has 0 aliphatic heterocycles. The normalized spacial score (nSPS) is 13.3. The van der Waals surface area contributed by atoms with Crippen LogP contribution in [0.25, 0.3) is 0 Å². The average Bonchev–Trinajstić information content (AvgIpc) is 2.40. The third-order valence-corrected chi connectivity index (χ3v) is 1.42. The fraction of sp³-hybridized carbons (Fsp3) is 0.500. The molecular weight excluding hydrogens is 142 g/mol. The van der Waals surface area contributed by atoms with Gasteiger partial charge in [0.15, 0.2) is 0 Å². The highest BCUT2D eigenvalue weighted by molar-refractivity contribution is 4.99. The smallest absolute Gasteiger partial charge is 0.105 e. The van der Waals surface area contributed by atoms with E-state index in [1.54, 1.807) is 13.4 Å². The van der Waals surface area contributed by atoms with Crippen molar-refractivity contribution in [1.29, 1.82) is 0 Å². The Morgan fingerprint density at radius 2 is 2.55 bits per heavy atom. The van der Waals surface area contributed by atoms with Crippen molar-refractivity contribution in [2.45, 2.75) is 12.5 Å². The highest BCUT2D eigenvalue weighted by Crippen LogP contribution is 2.02. The second-order valence-corrected chi connectivity index (χ2v) is 2.50. The molecule has 3 nitrogen and oxygen atoms in total. The Labute approximate surface area is 66.1 Å². The van der Waals surface area contributed by atoms with Crippen molar-refractivity contribution in [3.63, 3.8) is 0 Å². The van der Waals surface area contributed by atoms with Gasteiger partial charge in [-0.1, -0.05) is 0 Å². The van der Waals surface area contributed by atoms with Crippen molar-refractivity contribution in [3.8, 4) is 0 Å². The third kappa shape index (κ3) is 2.74. The summed E-state index contributed by atoms with van der Waals surface area (Å²) >= 11 is 0. The van der Waals surface area contributed by atoms with Crippen molar-refractivity contribution in [2.75, 3.05) is 13.7 Å². The zero-order valence-corrected chi connectivity index (χ0v) is 6.62. The van der Waals surface area contributed by atoms with Crippen LogP contribution in [0, 0.1) is 0 Å². The fourth-order valence-electron chi connectivity index (χ4n) is 0.960. The quantitative estimate of drug-likeness (QED) is 0.699. The van der Waals surface area contributed by atoms with Crippen LogP contribution in [0.1, 0.15) is 5.76 Å². The van der Waals surface area contributed by atoms with Crippen molar-refractivity contribution in [3.05, 3.63) is 24.2 Å². The first-order valence-corrected chi connectivity index (χ1v) is 3.60. The molecule has 1 aromatic heterocycles. The highest BCUT2D eigenvalue weighted by Gasteiger charge is 2.04. The first-order valence-electron chi connectivity index (χ1n) is 3.60. The molecule has 0 aromatic carbocycles. The van der Waals surface area contributed by atoms with Crippen LogP contribution in [-0.4, -0.2) is 19.8 Å². The van der Waals surface area contributed by atoms with Crippen LogP contribution in [0.2, 0.25) is 0 Å². The summed E-state index contributed by atoms with van der Waals surface area (Å²) in [6.45, 7) is 0.570. The molecule has 62 valence electrons. The SMILES string of the molecule is COCC(N)Cc1ccco1. The molecule has 0 saturated carbocycles. The maximum atomic E-state index is 5.69. The van der Waals surface area contributed by atoms with Crippen LogP contribution >= 0.6 is 0 Å². The number of rotatable bonds is 4. The van der Waals surface area contributed by atoms with E-state index in [9.17, 15) is 0 Å². The Morgan fingerprint density at radius 3 is 3.09 bits per heavy atom. The molecule has 0 radical (unpaired) electrons. The molecule has 0 amide bonds. The standard InChI is InChI=1S/C8H13NO2/c1-10-6-7(9)5-8-3-2-4-11-8/h2-4,7H,5-6,9H2,1H3. The maximum absolute atomic E-state index is 5.69. The molecule has 0 bridgehead atoms. The van der Waals surface area contributed by atoms with Crippen LogP contribution in [0.4, 0.5) is 0 Å². The van der Waals surface area contributed by atoms with Gasteiger partial charge in [0.1, 0.15) is 5.76 Å². The van der Waals surface area contributed by atoms with Crippen molar-refractivity contribution in [2.24, 2.45) is 5.73 Å². The van der Waals surface area contributed by atoms with E-state index in [1.165, 1.54) is 0 Å². The van der Waals surface area contributed by atoms with E-state index in [-0.39, 0.29) is 6.04 Å². The fourth-order valence-corrected chi connectivity index (χ4v) is 0.960. The van der Waals surface area contributed by atoms with Crippen LogP contribution in [0.5, 0.6) is 0 Å². The van der Waals surface area contributed by atoms with Gasteiger partial charge in [0.05, 0.1) is 12.9 Å². The molecule has 0 aliphatic rings. The summed E-state index contributed by atoms with van der Waals surface area (Å²) in [5.74, 6) is 0.912. The summed E-state index contributed by atoms with van der Waals surface area (Å²) in [7, 11) is 1.64. The molecule has 11 heavy (non-hydrogen) atoms. The molecule has 0 spiro atoms. The number of methoxy groups -OCH3 is 1. The van der Waals surface area contributed by atoms with Gasteiger partial charge in [-0.2, -0.15) is 0 Å². The van der Waals surface area contributed by atoms with Gasteiger partial charge in [-0.15, -0.1) is 0 Å². The lowest BCUT2D eigenvalue weighted by molar-refractivity contribution is 0.178. The minimum atomic E-state index is 0.0335. The summed E-state index contributed by atoms with van der Waals surface area (Å²) in [5, 5.41) is 0. The monoisotopic (exact) mass is 155 g/mol. The second-order valence-electron chi connectivity index (χ2n) is 2.50.